The van der Waals surface area contributed by atoms with Gasteiger partial charge in [-0.3, -0.25) is 9.36 Å². The van der Waals surface area contributed by atoms with Crippen molar-refractivity contribution in [3.05, 3.63) is 56.0 Å². The van der Waals surface area contributed by atoms with Crippen LogP contribution in [0.25, 0.3) is 11.6 Å². The lowest BCUT2D eigenvalue weighted by molar-refractivity contribution is -0.135. The van der Waals surface area contributed by atoms with Gasteiger partial charge in [-0.25, -0.2) is 4.79 Å². The Kier molecular flexibility index (Phi) is 6.57. The van der Waals surface area contributed by atoms with Crippen LogP contribution in [0.1, 0.15) is 12.5 Å². The minimum atomic E-state index is -0.807. The van der Waals surface area contributed by atoms with E-state index in [4.69, 9.17) is 9.47 Å². The SMILES string of the molecule is C=CCOC(=O)C(C#N)=c1sc(=Cc2ccc(O)c(OC)c2)c(=O)n1CC. The molecule has 1 heterocycles. The molecule has 0 spiro atoms. The summed E-state index contributed by atoms with van der Waals surface area (Å²) in [7, 11) is 1.43. The normalized spacial score (nSPS) is 12.3. The van der Waals surface area contributed by atoms with E-state index in [1.165, 1.54) is 23.8 Å². The molecule has 27 heavy (non-hydrogen) atoms. The number of nitriles is 1. The number of carbonyl (C=O) groups is 1. The van der Waals surface area contributed by atoms with Crippen molar-refractivity contribution in [3.8, 4) is 17.6 Å². The molecule has 0 aliphatic heterocycles. The highest BCUT2D eigenvalue weighted by Crippen LogP contribution is 2.26. The lowest BCUT2D eigenvalue weighted by Crippen LogP contribution is -2.32. The van der Waals surface area contributed by atoms with Crippen molar-refractivity contribution in [3.63, 3.8) is 0 Å². The first-order valence-electron chi connectivity index (χ1n) is 7.97. The van der Waals surface area contributed by atoms with Crippen LogP contribution in [0.2, 0.25) is 0 Å². The Bertz CT molecular complexity index is 1090. The number of hydrogen-bond acceptors (Lipinski definition) is 7. The maximum Gasteiger partial charge on any atom is 0.352 e. The van der Waals surface area contributed by atoms with E-state index in [2.05, 4.69) is 6.58 Å². The van der Waals surface area contributed by atoms with E-state index in [9.17, 15) is 20.0 Å². The second kappa shape index (κ2) is 8.87. The van der Waals surface area contributed by atoms with Crippen LogP contribution in [-0.2, 0) is 16.1 Å². The molecule has 0 aliphatic rings. The number of methoxy groups -OCH3 is 1. The number of carbonyl (C=O) groups excluding carboxylic acids is 1. The van der Waals surface area contributed by atoms with E-state index in [1.807, 2.05) is 6.07 Å². The van der Waals surface area contributed by atoms with Crippen molar-refractivity contribution in [1.82, 2.24) is 4.57 Å². The number of aromatic hydroxyl groups is 1. The zero-order chi connectivity index (χ0) is 20.0. The van der Waals surface area contributed by atoms with Crippen molar-refractivity contribution in [2.24, 2.45) is 0 Å². The summed E-state index contributed by atoms with van der Waals surface area (Å²) in [5.74, 6) is -0.551. The fourth-order valence-electron chi connectivity index (χ4n) is 2.32. The highest BCUT2D eigenvalue weighted by Gasteiger charge is 2.16. The second-order valence-electron chi connectivity index (χ2n) is 5.27. The fraction of sp³-hybridized carbons (Fsp3) is 0.211. The number of aromatic nitrogens is 1. The molecule has 2 aromatic rings. The van der Waals surface area contributed by atoms with Crippen molar-refractivity contribution >= 4 is 29.0 Å². The average molecular weight is 386 g/mol. The molecule has 1 N–H and O–H groups in total. The maximum absolute atomic E-state index is 12.7. The van der Waals surface area contributed by atoms with Crippen LogP contribution in [0.15, 0.2) is 35.6 Å². The monoisotopic (exact) mass is 386 g/mol. The first kappa shape index (κ1) is 20.0. The predicted octanol–water partition coefficient (Wildman–Crippen LogP) is 0.876. The van der Waals surface area contributed by atoms with Crippen molar-refractivity contribution in [2.75, 3.05) is 13.7 Å². The topological polar surface area (TPSA) is 102 Å². The van der Waals surface area contributed by atoms with E-state index < -0.39 is 5.97 Å². The molecule has 0 aliphatic carbocycles. The van der Waals surface area contributed by atoms with Gasteiger partial charge in [-0.15, -0.1) is 11.3 Å². The zero-order valence-electron chi connectivity index (χ0n) is 14.9. The Hall–Kier alpha value is -3.31. The molecule has 0 amide bonds. The third kappa shape index (κ3) is 4.27. The minimum absolute atomic E-state index is 0.0162. The summed E-state index contributed by atoms with van der Waals surface area (Å²) >= 11 is 1.02. The van der Waals surface area contributed by atoms with Crippen LogP contribution in [0.5, 0.6) is 11.5 Å². The highest BCUT2D eigenvalue weighted by atomic mass is 32.1. The van der Waals surface area contributed by atoms with E-state index >= 15 is 0 Å². The molecule has 0 fully saturated rings. The van der Waals surface area contributed by atoms with Crippen LogP contribution < -0.4 is 19.5 Å². The molecule has 1 aromatic carbocycles. The summed E-state index contributed by atoms with van der Waals surface area (Å²) in [4.78, 5) is 24.8. The summed E-state index contributed by atoms with van der Waals surface area (Å²) in [6.07, 6.45) is 3.00. The summed E-state index contributed by atoms with van der Waals surface area (Å²) < 4.78 is 11.9. The minimum Gasteiger partial charge on any atom is -0.504 e. The Labute approximate surface area is 159 Å². The van der Waals surface area contributed by atoms with Gasteiger partial charge < -0.3 is 14.6 Å². The van der Waals surface area contributed by atoms with E-state index in [-0.39, 0.29) is 40.4 Å². The van der Waals surface area contributed by atoms with Crippen molar-refractivity contribution < 1.29 is 19.4 Å². The van der Waals surface area contributed by atoms with Crippen LogP contribution in [0.3, 0.4) is 0 Å². The molecule has 140 valence electrons. The number of rotatable bonds is 6. The van der Waals surface area contributed by atoms with Crippen molar-refractivity contribution in [2.45, 2.75) is 13.5 Å². The molecule has 7 nitrogen and oxygen atoms in total. The molecular formula is C19H18N2O5S. The smallest absolute Gasteiger partial charge is 0.352 e. The molecule has 0 radical (unpaired) electrons. The lowest BCUT2D eigenvalue weighted by atomic mass is 10.2. The van der Waals surface area contributed by atoms with E-state index in [1.54, 1.807) is 25.1 Å². The largest absolute Gasteiger partial charge is 0.504 e. The molecule has 8 heteroatoms. The predicted molar refractivity (Wildman–Crippen MR) is 102 cm³/mol. The molecule has 1 aromatic heterocycles. The molecular weight excluding hydrogens is 368 g/mol. The zero-order valence-corrected chi connectivity index (χ0v) is 15.7. The van der Waals surface area contributed by atoms with Crippen LogP contribution in [0, 0.1) is 11.3 Å². The fourth-order valence-corrected chi connectivity index (χ4v) is 3.47. The standard InChI is InChI=1S/C19H18N2O5S/c1-4-8-26-19(24)13(11-20)18-21(5-2)17(23)16(27-18)10-12-6-7-14(22)15(9-12)25-3/h4,6-7,9-10,22H,1,5,8H2,2-3H3. The average Bonchev–Trinajstić information content (AvgIpc) is 2.97. The third-order valence-electron chi connectivity index (χ3n) is 3.59. The Morgan fingerprint density at radius 2 is 2.22 bits per heavy atom. The number of hydrogen-bond donors (Lipinski definition) is 1. The van der Waals surface area contributed by atoms with Crippen LogP contribution in [0.4, 0.5) is 0 Å². The maximum atomic E-state index is 12.7. The first-order chi connectivity index (χ1) is 13.0. The number of ether oxygens (including phenoxy) is 2. The number of phenols is 1. The van der Waals surface area contributed by atoms with Gasteiger partial charge in [-0.05, 0) is 30.7 Å². The molecule has 0 atom stereocenters. The second-order valence-corrected chi connectivity index (χ2v) is 6.30. The number of nitrogens with zero attached hydrogens (tertiary/aromatic N) is 2. The van der Waals surface area contributed by atoms with Gasteiger partial charge in [0.25, 0.3) is 5.56 Å². The van der Waals surface area contributed by atoms with E-state index in [0.717, 1.165) is 11.3 Å². The summed E-state index contributed by atoms with van der Waals surface area (Å²) in [6.45, 7) is 5.46. The van der Waals surface area contributed by atoms with Gasteiger partial charge in [0.1, 0.15) is 17.3 Å². The van der Waals surface area contributed by atoms with Crippen molar-refractivity contribution in [1.29, 1.82) is 5.26 Å². The van der Waals surface area contributed by atoms with Gasteiger partial charge in [-0.2, -0.15) is 5.26 Å². The quantitative estimate of drug-likeness (QED) is 0.584. The van der Waals surface area contributed by atoms with Gasteiger partial charge in [0, 0.05) is 6.54 Å². The number of benzene rings is 1. The molecule has 0 unspecified atom stereocenters. The van der Waals surface area contributed by atoms with Crippen LogP contribution in [-0.4, -0.2) is 29.4 Å². The van der Waals surface area contributed by atoms with Gasteiger partial charge in [-0.1, -0.05) is 18.7 Å². The summed E-state index contributed by atoms with van der Waals surface area (Å²) in [5, 5.41) is 19.1. The highest BCUT2D eigenvalue weighted by molar-refractivity contribution is 7.07. The first-order valence-corrected chi connectivity index (χ1v) is 8.79. The molecule has 0 saturated heterocycles. The number of phenolic OH excluding ortho intramolecular Hbond substituents is 1. The van der Waals surface area contributed by atoms with Gasteiger partial charge in [0.15, 0.2) is 17.1 Å². The Balaban J connectivity index is 2.70. The number of esters is 1. The van der Waals surface area contributed by atoms with Gasteiger partial charge in [0.2, 0.25) is 0 Å². The third-order valence-corrected chi connectivity index (χ3v) is 4.72. The van der Waals surface area contributed by atoms with E-state index in [0.29, 0.717) is 10.1 Å². The summed E-state index contributed by atoms with van der Waals surface area (Å²) in [5.41, 5.74) is 0.0723. The molecule has 2 rings (SSSR count). The molecule has 0 bridgehead atoms. The molecule has 0 saturated carbocycles. The summed E-state index contributed by atoms with van der Waals surface area (Å²) in [6, 6.07) is 6.49. The Morgan fingerprint density at radius 1 is 1.48 bits per heavy atom. The van der Waals surface area contributed by atoms with Crippen LogP contribution >= 0.6 is 11.3 Å². The van der Waals surface area contributed by atoms with Gasteiger partial charge in [0.05, 0.1) is 11.6 Å². The van der Waals surface area contributed by atoms with Gasteiger partial charge >= 0.3 is 5.97 Å². The Morgan fingerprint density at radius 3 is 2.81 bits per heavy atom. The lowest BCUT2D eigenvalue weighted by Gasteiger charge is -2.03. The number of thiazole rings is 1.